The Morgan fingerprint density at radius 3 is 2.75 bits per heavy atom. The fourth-order valence-electron chi connectivity index (χ4n) is 3.68. The summed E-state index contributed by atoms with van der Waals surface area (Å²) in [6.07, 6.45) is 6.40. The van der Waals surface area contributed by atoms with Crippen molar-refractivity contribution in [2.24, 2.45) is 0 Å². The Bertz CT molecular complexity index is 965. The summed E-state index contributed by atoms with van der Waals surface area (Å²) in [7, 11) is 0. The minimum absolute atomic E-state index is 0.231. The SMILES string of the molecule is Cc1ncc2n1[C@@H](c1ccc(NC(=O)NCc3ccc(F)cn3)cc1)CCC2. The lowest BCUT2D eigenvalue weighted by molar-refractivity contribution is 0.251. The van der Waals surface area contributed by atoms with E-state index in [0.29, 0.717) is 17.4 Å². The third-order valence-electron chi connectivity index (χ3n) is 5.05. The second kappa shape index (κ2) is 7.80. The number of rotatable bonds is 4. The van der Waals surface area contributed by atoms with Gasteiger partial charge in [-0.15, -0.1) is 0 Å². The summed E-state index contributed by atoms with van der Waals surface area (Å²) in [5.74, 6) is 0.639. The van der Waals surface area contributed by atoms with Crippen molar-refractivity contribution in [1.29, 1.82) is 0 Å². The second-order valence-electron chi connectivity index (χ2n) is 6.97. The van der Waals surface area contributed by atoms with Gasteiger partial charge in [-0.1, -0.05) is 12.1 Å². The van der Waals surface area contributed by atoms with Crippen molar-refractivity contribution < 1.29 is 9.18 Å². The lowest BCUT2D eigenvalue weighted by atomic mass is 9.96. The predicted octanol–water partition coefficient (Wildman–Crippen LogP) is 3.97. The minimum Gasteiger partial charge on any atom is -0.332 e. The number of hydrogen-bond donors (Lipinski definition) is 2. The Morgan fingerprint density at radius 1 is 1.18 bits per heavy atom. The van der Waals surface area contributed by atoms with E-state index in [2.05, 4.69) is 37.3 Å². The van der Waals surface area contributed by atoms with E-state index in [-0.39, 0.29) is 12.6 Å². The van der Waals surface area contributed by atoms with Crippen LogP contribution in [0.2, 0.25) is 0 Å². The molecule has 1 aliphatic rings. The van der Waals surface area contributed by atoms with Crippen LogP contribution in [0.25, 0.3) is 0 Å². The van der Waals surface area contributed by atoms with Crippen LogP contribution in [0, 0.1) is 12.7 Å². The fourth-order valence-corrected chi connectivity index (χ4v) is 3.68. The van der Waals surface area contributed by atoms with Gasteiger partial charge in [-0.3, -0.25) is 4.98 Å². The number of carbonyl (C=O) groups is 1. The molecule has 1 aliphatic heterocycles. The fraction of sp³-hybridized carbons (Fsp3) is 0.286. The third-order valence-corrected chi connectivity index (χ3v) is 5.05. The van der Waals surface area contributed by atoms with Gasteiger partial charge in [0.05, 0.1) is 24.5 Å². The molecule has 28 heavy (non-hydrogen) atoms. The van der Waals surface area contributed by atoms with Crippen LogP contribution in [0.5, 0.6) is 0 Å². The molecular weight excluding hydrogens is 357 g/mol. The Balaban J connectivity index is 1.38. The van der Waals surface area contributed by atoms with Crippen LogP contribution in [0.15, 0.2) is 48.8 Å². The van der Waals surface area contributed by atoms with Gasteiger partial charge < -0.3 is 15.2 Å². The van der Waals surface area contributed by atoms with Crippen molar-refractivity contribution in [3.63, 3.8) is 0 Å². The van der Waals surface area contributed by atoms with Gasteiger partial charge in [0.15, 0.2) is 0 Å². The Kier molecular flexibility index (Phi) is 5.06. The topological polar surface area (TPSA) is 71.8 Å². The van der Waals surface area contributed by atoms with Crippen molar-refractivity contribution in [2.45, 2.75) is 38.8 Å². The van der Waals surface area contributed by atoms with Crippen LogP contribution in [-0.4, -0.2) is 20.6 Å². The number of pyridine rings is 1. The highest BCUT2D eigenvalue weighted by molar-refractivity contribution is 5.89. The van der Waals surface area contributed by atoms with Crippen LogP contribution < -0.4 is 10.6 Å². The molecule has 144 valence electrons. The van der Waals surface area contributed by atoms with Gasteiger partial charge in [-0.25, -0.2) is 14.2 Å². The Hall–Kier alpha value is -3.22. The van der Waals surface area contributed by atoms with Gasteiger partial charge in [0, 0.05) is 17.6 Å². The zero-order valence-electron chi connectivity index (χ0n) is 15.7. The molecule has 3 heterocycles. The van der Waals surface area contributed by atoms with E-state index in [9.17, 15) is 9.18 Å². The molecule has 2 aromatic heterocycles. The summed E-state index contributed by atoms with van der Waals surface area (Å²) in [5, 5.41) is 5.52. The molecule has 0 unspecified atom stereocenters. The molecule has 6 nitrogen and oxygen atoms in total. The number of carbonyl (C=O) groups excluding carboxylic acids is 1. The zero-order valence-corrected chi connectivity index (χ0v) is 15.7. The molecule has 1 aromatic carbocycles. The quantitative estimate of drug-likeness (QED) is 0.720. The van der Waals surface area contributed by atoms with E-state index in [1.165, 1.54) is 17.3 Å². The van der Waals surface area contributed by atoms with Crippen LogP contribution in [0.3, 0.4) is 0 Å². The van der Waals surface area contributed by atoms with Crippen LogP contribution in [0.1, 0.15) is 41.7 Å². The number of benzene rings is 1. The Labute approximate surface area is 162 Å². The first-order chi connectivity index (χ1) is 13.6. The maximum atomic E-state index is 12.9. The maximum Gasteiger partial charge on any atom is 0.319 e. The van der Waals surface area contributed by atoms with Crippen LogP contribution >= 0.6 is 0 Å². The standard InChI is InChI=1S/C21H22FN5O/c1-14-23-13-19-3-2-4-20(27(14)19)15-5-8-17(9-6-15)26-21(28)25-12-18-10-7-16(22)11-24-18/h5-11,13,20H,2-4,12H2,1H3,(H2,25,26,28)/t20-/m1/s1. The molecule has 0 fully saturated rings. The average Bonchev–Trinajstić information content (AvgIpc) is 3.09. The number of aryl methyl sites for hydroxylation is 2. The molecule has 7 heteroatoms. The molecule has 1 atom stereocenters. The summed E-state index contributed by atoms with van der Waals surface area (Å²) in [5.41, 5.74) is 3.80. The lowest BCUT2D eigenvalue weighted by Crippen LogP contribution is -2.28. The number of hydrogen-bond acceptors (Lipinski definition) is 3. The lowest BCUT2D eigenvalue weighted by Gasteiger charge is -2.27. The van der Waals surface area contributed by atoms with E-state index < -0.39 is 5.82 Å². The van der Waals surface area contributed by atoms with E-state index in [1.807, 2.05) is 25.3 Å². The van der Waals surface area contributed by atoms with Crippen molar-refractivity contribution in [3.8, 4) is 0 Å². The molecule has 0 bridgehead atoms. The van der Waals surface area contributed by atoms with Gasteiger partial charge in [-0.05, 0) is 56.0 Å². The number of aromatic nitrogens is 3. The molecule has 0 radical (unpaired) electrons. The molecule has 2 N–H and O–H groups in total. The van der Waals surface area contributed by atoms with Crippen molar-refractivity contribution in [1.82, 2.24) is 19.9 Å². The second-order valence-corrected chi connectivity index (χ2v) is 6.97. The van der Waals surface area contributed by atoms with Crippen molar-refractivity contribution >= 4 is 11.7 Å². The maximum absolute atomic E-state index is 12.9. The summed E-state index contributed by atoms with van der Waals surface area (Å²) in [4.78, 5) is 20.4. The smallest absolute Gasteiger partial charge is 0.319 e. The number of fused-ring (bicyclic) bond motifs is 1. The molecule has 0 spiro atoms. The highest BCUT2D eigenvalue weighted by atomic mass is 19.1. The van der Waals surface area contributed by atoms with Crippen molar-refractivity contribution in [2.75, 3.05) is 5.32 Å². The zero-order chi connectivity index (χ0) is 19.5. The van der Waals surface area contributed by atoms with E-state index in [0.717, 1.165) is 31.3 Å². The first-order valence-corrected chi connectivity index (χ1v) is 9.38. The predicted molar refractivity (Wildman–Crippen MR) is 105 cm³/mol. The highest BCUT2D eigenvalue weighted by Gasteiger charge is 2.23. The monoisotopic (exact) mass is 379 g/mol. The van der Waals surface area contributed by atoms with Gasteiger partial charge in [0.1, 0.15) is 11.6 Å². The molecule has 0 saturated heterocycles. The van der Waals surface area contributed by atoms with Crippen LogP contribution in [0.4, 0.5) is 14.9 Å². The summed E-state index contributed by atoms with van der Waals surface area (Å²) >= 11 is 0. The number of halogens is 1. The number of anilines is 1. The molecule has 0 aliphatic carbocycles. The molecule has 2 amide bonds. The summed E-state index contributed by atoms with van der Waals surface area (Å²) < 4.78 is 15.2. The van der Waals surface area contributed by atoms with E-state index >= 15 is 0 Å². The largest absolute Gasteiger partial charge is 0.332 e. The molecule has 0 saturated carbocycles. The third kappa shape index (κ3) is 3.88. The number of imidazole rings is 1. The summed E-state index contributed by atoms with van der Waals surface area (Å²) in [6.45, 7) is 2.27. The minimum atomic E-state index is -0.399. The van der Waals surface area contributed by atoms with Crippen molar-refractivity contribution in [3.05, 3.63) is 77.4 Å². The van der Waals surface area contributed by atoms with E-state index in [4.69, 9.17) is 0 Å². The summed E-state index contributed by atoms with van der Waals surface area (Å²) in [6, 6.07) is 10.7. The van der Waals surface area contributed by atoms with E-state index in [1.54, 1.807) is 6.07 Å². The number of urea groups is 1. The molecule has 3 aromatic rings. The normalized spacial score (nSPS) is 15.7. The number of amides is 2. The highest BCUT2D eigenvalue weighted by Crippen LogP contribution is 2.32. The van der Waals surface area contributed by atoms with Crippen LogP contribution in [-0.2, 0) is 13.0 Å². The first kappa shape index (κ1) is 18.2. The van der Waals surface area contributed by atoms with Gasteiger partial charge >= 0.3 is 6.03 Å². The molecule has 4 rings (SSSR count). The molecular formula is C21H22FN5O. The number of nitrogens with zero attached hydrogens (tertiary/aromatic N) is 3. The number of nitrogens with one attached hydrogen (secondary N) is 2. The average molecular weight is 379 g/mol. The van der Waals surface area contributed by atoms with Gasteiger partial charge in [0.25, 0.3) is 0 Å². The first-order valence-electron chi connectivity index (χ1n) is 9.38. The Morgan fingerprint density at radius 2 is 2.00 bits per heavy atom. The van der Waals surface area contributed by atoms with Gasteiger partial charge in [0.2, 0.25) is 0 Å². The van der Waals surface area contributed by atoms with Gasteiger partial charge in [-0.2, -0.15) is 0 Å².